The van der Waals surface area contributed by atoms with Gasteiger partial charge in [-0.3, -0.25) is 4.79 Å². The Balaban J connectivity index is 0.000000396. The van der Waals surface area contributed by atoms with Crippen LogP contribution in [0.5, 0.6) is 5.75 Å². The molecule has 3 aromatic rings. The van der Waals surface area contributed by atoms with Crippen LogP contribution in [0.15, 0.2) is 48.7 Å². The predicted molar refractivity (Wildman–Crippen MR) is 116 cm³/mol. The molecule has 0 spiro atoms. The van der Waals surface area contributed by atoms with E-state index in [1.54, 1.807) is 31.4 Å². The molecular formula is C24H23N3O3. The molecule has 152 valence electrons. The van der Waals surface area contributed by atoms with Crippen LogP contribution in [0, 0.1) is 22.7 Å². The predicted octanol–water partition coefficient (Wildman–Crippen LogP) is 5.07. The number of hydrogen-bond acceptors (Lipinski definition) is 5. The number of benzene rings is 2. The number of ether oxygens (including phenoxy) is 2. The number of rotatable bonds is 4. The summed E-state index contributed by atoms with van der Waals surface area (Å²) < 4.78 is 9.86. The third-order valence-electron chi connectivity index (χ3n) is 4.05. The summed E-state index contributed by atoms with van der Waals surface area (Å²) in [6.07, 6.45) is 3.61. The first-order valence-electron chi connectivity index (χ1n) is 9.20. The van der Waals surface area contributed by atoms with Gasteiger partial charge in [-0.15, -0.1) is 0 Å². The summed E-state index contributed by atoms with van der Waals surface area (Å²) in [6, 6.07) is 17.2. The van der Waals surface area contributed by atoms with Gasteiger partial charge in [-0.2, -0.15) is 10.5 Å². The molecule has 6 heteroatoms. The lowest BCUT2D eigenvalue weighted by atomic mass is 10.0. The highest BCUT2D eigenvalue weighted by Crippen LogP contribution is 2.27. The summed E-state index contributed by atoms with van der Waals surface area (Å²) in [4.78, 5) is 12.7. The number of allylic oxidation sites excluding steroid dienone is 1. The Hall–Kier alpha value is -4.03. The molecule has 3 rings (SSSR count). The summed E-state index contributed by atoms with van der Waals surface area (Å²) in [5.74, 6) is 0.625. The molecule has 0 radical (unpaired) electrons. The number of H-pyrrole nitrogens is 1. The van der Waals surface area contributed by atoms with Gasteiger partial charge in [-0.25, -0.2) is 0 Å². The molecule has 30 heavy (non-hydrogen) atoms. The fraction of sp³-hybridized carbons (Fsp3) is 0.208. The summed E-state index contributed by atoms with van der Waals surface area (Å²) in [6.45, 7) is 5.92. The standard InChI is InChI=1S/C19H13N3O.C5H10O2/c1-23-19-5-2-13(11-20)8-16(19)10-17(12-21)14-3-4-18-15(9-14)6-7-22-18;1-5(2,3)7-4-6/h2-10,22H,1H3;4H,1-3H3. The number of nitriles is 2. The molecule has 0 bridgehead atoms. The van der Waals surface area contributed by atoms with Crippen LogP contribution in [-0.2, 0) is 9.53 Å². The van der Waals surface area contributed by atoms with Gasteiger partial charge in [0.1, 0.15) is 11.4 Å². The summed E-state index contributed by atoms with van der Waals surface area (Å²) in [5, 5.41) is 19.6. The van der Waals surface area contributed by atoms with Gasteiger partial charge < -0.3 is 14.5 Å². The first-order chi connectivity index (χ1) is 14.3. The van der Waals surface area contributed by atoms with Gasteiger partial charge in [0.25, 0.3) is 6.47 Å². The quantitative estimate of drug-likeness (QED) is 0.374. The first kappa shape index (κ1) is 22.3. The average Bonchev–Trinajstić information content (AvgIpc) is 3.19. The molecule has 0 saturated heterocycles. The number of carbonyl (C=O) groups excluding carboxylic acids is 1. The van der Waals surface area contributed by atoms with Crippen LogP contribution in [0.3, 0.4) is 0 Å². The van der Waals surface area contributed by atoms with Crippen LogP contribution in [0.4, 0.5) is 0 Å². The van der Waals surface area contributed by atoms with Crippen molar-refractivity contribution in [2.45, 2.75) is 26.4 Å². The zero-order valence-corrected chi connectivity index (χ0v) is 17.4. The van der Waals surface area contributed by atoms with Gasteiger partial charge in [0.2, 0.25) is 0 Å². The van der Waals surface area contributed by atoms with E-state index in [1.807, 2.05) is 51.2 Å². The van der Waals surface area contributed by atoms with Gasteiger partial charge in [-0.1, -0.05) is 6.07 Å². The number of carbonyl (C=O) groups is 1. The fourth-order valence-corrected chi connectivity index (χ4v) is 2.62. The van der Waals surface area contributed by atoms with E-state index < -0.39 is 0 Å². The van der Waals surface area contributed by atoms with Crippen molar-refractivity contribution < 1.29 is 14.3 Å². The number of nitrogens with one attached hydrogen (secondary N) is 1. The lowest BCUT2D eigenvalue weighted by molar-refractivity contribution is -0.138. The third kappa shape index (κ3) is 5.98. The smallest absolute Gasteiger partial charge is 0.293 e. The number of fused-ring (bicyclic) bond motifs is 1. The van der Waals surface area contributed by atoms with Crippen molar-refractivity contribution in [3.05, 3.63) is 65.4 Å². The van der Waals surface area contributed by atoms with Gasteiger partial charge in [0, 0.05) is 17.3 Å². The maximum absolute atomic E-state index is 9.60. The van der Waals surface area contributed by atoms with Gasteiger partial charge in [0.15, 0.2) is 0 Å². The van der Waals surface area contributed by atoms with E-state index in [-0.39, 0.29) is 5.60 Å². The molecular weight excluding hydrogens is 378 g/mol. The molecule has 0 atom stereocenters. The molecule has 0 saturated carbocycles. The van der Waals surface area contributed by atoms with Crippen molar-refractivity contribution >= 4 is 29.0 Å². The van der Waals surface area contributed by atoms with E-state index in [0.717, 1.165) is 16.5 Å². The highest BCUT2D eigenvalue weighted by atomic mass is 16.5. The largest absolute Gasteiger partial charge is 0.496 e. The number of aromatic amines is 1. The van der Waals surface area contributed by atoms with E-state index in [2.05, 4.69) is 21.9 Å². The van der Waals surface area contributed by atoms with Crippen molar-refractivity contribution in [1.29, 1.82) is 10.5 Å². The van der Waals surface area contributed by atoms with Crippen LogP contribution in [0.1, 0.15) is 37.5 Å². The molecule has 2 aromatic carbocycles. The van der Waals surface area contributed by atoms with Gasteiger partial charge >= 0.3 is 0 Å². The molecule has 0 aliphatic carbocycles. The molecule has 1 N–H and O–H groups in total. The monoisotopic (exact) mass is 401 g/mol. The Kier molecular flexibility index (Phi) is 7.38. The molecule has 0 aliphatic rings. The molecule has 0 unspecified atom stereocenters. The second kappa shape index (κ2) is 9.95. The third-order valence-corrected chi connectivity index (χ3v) is 4.05. The number of aromatic nitrogens is 1. The summed E-state index contributed by atoms with van der Waals surface area (Å²) in [5.41, 5.74) is 3.27. The maximum Gasteiger partial charge on any atom is 0.293 e. The minimum absolute atomic E-state index is 0.318. The van der Waals surface area contributed by atoms with Crippen LogP contribution in [-0.4, -0.2) is 24.2 Å². The Morgan fingerprint density at radius 1 is 1.10 bits per heavy atom. The van der Waals surface area contributed by atoms with E-state index in [0.29, 0.717) is 28.9 Å². The van der Waals surface area contributed by atoms with Crippen molar-refractivity contribution in [2.75, 3.05) is 7.11 Å². The number of hydrogen-bond donors (Lipinski definition) is 1. The summed E-state index contributed by atoms with van der Waals surface area (Å²) >= 11 is 0. The average molecular weight is 401 g/mol. The van der Waals surface area contributed by atoms with Crippen molar-refractivity contribution in [2.24, 2.45) is 0 Å². The summed E-state index contributed by atoms with van der Waals surface area (Å²) in [7, 11) is 1.57. The first-order valence-corrected chi connectivity index (χ1v) is 9.20. The highest BCUT2D eigenvalue weighted by molar-refractivity contribution is 5.94. The van der Waals surface area contributed by atoms with E-state index in [9.17, 15) is 10.1 Å². The molecule has 6 nitrogen and oxygen atoms in total. The SMILES string of the molecule is CC(C)(C)OC=O.COc1ccc(C#N)cc1C=C(C#N)c1ccc2[nH]ccc2c1. The molecule has 1 aromatic heterocycles. The minimum atomic E-state index is -0.318. The Morgan fingerprint density at radius 2 is 1.87 bits per heavy atom. The van der Waals surface area contributed by atoms with Crippen molar-refractivity contribution in [3.63, 3.8) is 0 Å². The normalized spacial score (nSPS) is 10.9. The minimum Gasteiger partial charge on any atom is -0.496 e. The Labute approximate surface area is 176 Å². The topological polar surface area (TPSA) is 98.9 Å². The van der Waals surface area contributed by atoms with Crippen LogP contribution >= 0.6 is 0 Å². The maximum atomic E-state index is 9.60. The molecule has 1 heterocycles. The van der Waals surface area contributed by atoms with Crippen molar-refractivity contribution in [1.82, 2.24) is 4.98 Å². The highest BCUT2D eigenvalue weighted by Gasteiger charge is 2.08. The fourth-order valence-electron chi connectivity index (χ4n) is 2.62. The number of methoxy groups -OCH3 is 1. The molecule has 0 aliphatic heterocycles. The second-order valence-corrected chi connectivity index (χ2v) is 7.34. The lowest BCUT2D eigenvalue weighted by Gasteiger charge is -2.14. The van der Waals surface area contributed by atoms with E-state index in [4.69, 9.17) is 10.00 Å². The Bertz CT molecular complexity index is 1140. The van der Waals surface area contributed by atoms with Gasteiger partial charge in [-0.05, 0) is 74.2 Å². The van der Waals surface area contributed by atoms with Crippen LogP contribution < -0.4 is 4.74 Å². The van der Waals surface area contributed by atoms with E-state index >= 15 is 0 Å². The van der Waals surface area contributed by atoms with Crippen LogP contribution in [0.2, 0.25) is 0 Å². The lowest BCUT2D eigenvalue weighted by Crippen LogP contribution is -2.17. The molecule has 0 amide bonds. The Morgan fingerprint density at radius 3 is 2.43 bits per heavy atom. The van der Waals surface area contributed by atoms with Crippen molar-refractivity contribution in [3.8, 4) is 17.9 Å². The van der Waals surface area contributed by atoms with E-state index in [1.165, 1.54) is 0 Å². The zero-order chi connectivity index (χ0) is 22.1. The second-order valence-electron chi connectivity index (χ2n) is 7.34. The van der Waals surface area contributed by atoms with Gasteiger partial charge in [0.05, 0.1) is 30.4 Å². The molecule has 0 fully saturated rings. The number of nitrogens with zero attached hydrogens (tertiary/aromatic N) is 2. The van der Waals surface area contributed by atoms with Crippen LogP contribution in [0.25, 0.3) is 22.6 Å². The zero-order valence-electron chi connectivity index (χ0n) is 17.4.